The molecule has 0 bridgehead atoms. The minimum absolute atomic E-state index is 0.0949. The van der Waals surface area contributed by atoms with Crippen molar-refractivity contribution in [1.82, 2.24) is 0 Å². The lowest BCUT2D eigenvalue weighted by molar-refractivity contribution is -0.439. The Morgan fingerprint density at radius 2 is 1.71 bits per heavy atom. The molecule has 0 saturated carbocycles. The van der Waals surface area contributed by atoms with Crippen LogP contribution in [-0.2, 0) is 20.8 Å². The van der Waals surface area contributed by atoms with Crippen molar-refractivity contribution in [3.63, 3.8) is 0 Å². The van der Waals surface area contributed by atoms with Crippen LogP contribution in [0.5, 0.6) is 0 Å². The van der Waals surface area contributed by atoms with Crippen molar-refractivity contribution in [3.05, 3.63) is 29.8 Å². The maximum Gasteiger partial charge on any atom is 0.425 e. The van der Waals surface area contributed by atoms with Gasteiger partial charge in [-0.2, -0.15) is 4.58 Å². The van der Waals surface area contributed by atoms with Crippen molar-refractivity contribution < 1.29 is 27.1 Å². The Kier molecular flexibility index (Phi) is 7.28. The first-order valence-electron chi connectivity index (χ1n) is 7.87. The number of benzene rings is 1. The van der Waals surface area contributed by atoms with Crippen molar-refractivity contribution in [2.24, 2.45) is 0 Å². The normalized spacial score (nSPS) is 14.6. The summed E-state index contributed by atoms with van der Waals surface area (Å²) in [4.78, 5) is 10.5. The van der Waals surface area contributed by atoms with E-state index in [0.29, 0.717) is 0 Å². The smallest absolute Gasteiger partial charge is 0.425 e. The second-order valence-corrected chi connectivity index (χ2v) is 6.70. The molecule has 24 heavy (non-hydrogen) atoms. The second-order valence-electron chi connectivity index (χ2n) is 6.29. The Bertz CT molecular complexity index is 728. The van der Waals surface area contributed by atoms with E-state index >= 15 is 0 Å². The second kappa shape index (κ2) is 8.73. The Morgan fingerprint density at radius 1 is 1.12 bits per heavy atom. The summed E-state index contributed by atoms with van der Waals surface area (Å²) < 4.78 is 27.7. The summed E-state index contributed by atoms with van der Waals surface area (Å²) in [6.45, 7) is 7.72. The molecule has 1 aliphatic heterocycles. The molecule has 0 aliphatic carbocycles. The summed E-state index contributed by atoms with van der Waals surface area (Å²) in [6, 6.07) is 8.59. The van der Waals surface area contributed by atoms with Crippen LogP contribution in [0.4, 0.5) is 5.69 Å². The molecule has 0 radical (unpaired) electrons. The molecule has 2 rings (SSSR count). The van der Waals surface area contributed by atoms with E-state index in [9.17, 15) is 4.79 Å². The number of carbonyl (C=O) groups is 1. The maximum atomic E-state index is 10.5. The molecule has 0 amide bonds. The molecule has 0 atom stereocenters. The fourth-order valence-electron chi connectivity index (χ4n) is 2.96. The van der Waals surface area contributed by atoms with Crippen LogP contribution in [0.15, 0.2) is 24.3 Å². The van der Waals surface area contributed by atoms with Gasteiger partial charge < -0.3 is 5.11 Å². The first-order valence-corrected chi connectivity index (χ1v) is 8.87. The van der Waals surface area contributed by atoms with Crippen LogP contribution in [0.2, 0.25) is 0 Å². The number of aliphatic carboxylic acids is 1. The molecule has 0 aromatic heterocycles. The number of hydrogen-bond donors (Lipinski definition) is 1. The predicted octanol–water partition coefficient (Wildman–Crippen LogP) is 2.72. The molecule has 0 unspecified atom stereocenters. The number of rotatable bonds is 6. The van der Waals surface area contributed by atoms with E-state index in [1.807, 2.05) is 0 Å². The van der Waals surface area contributed by atoms with Crippen molar-refractivity contribution in [1.29, 1.82) is 0 Å². The molecule has 1 aliphatic rings. The van der Waals surface area contributed by atoms with Crippen LogP contribution < -0.4 is 0 Å². The summed E-state index contributed by atoms with van der Waals surface area (Å²) in [5, 5.41) is 8.65. The number of nitrogens with zero attached hydrogens (tertiary/aromatic N) is 1. The first-order chi connectivity index (χ1) is 11.2. The van der Waals surface area contributed by atoms with Gasteiger partial charge in [0.1, 0.15) is 6.54 Å². The van der Waals surface area contributed by atoms with E-state index < -0.39 is 16.6 Å². The molecule has 1 heterocycles. The molecule has 1 aromatic carbocycles. The van der Waals surface area contributed by atoms with Crippen LogP contribution in [0.25, 0.3) is 0 Å². The number of carboxylic acids is 1. The zero-order chi connectivity index (χ0) is 18.3. The number of para-hydroxylation sites is 1. The summed E-state index contributed by atoms with van der Waals surface area (Å²) in [5.41, 5.74) is 4.19. The fraction of sp³-hybridized carbons (Fsp3) is 0.529. The van der Waals surface area contributed by atoms with Gasteiger partial charge in [0.2, 0.25) is 5.69 Å². The lowest BCUT2D eigenvalue weighted by Crippen LogP contribution is -2.26. The minimum Gasteiger partial charge on any atom is -0.481 e. The highest BCUT2D eigenvalue weighted by atomic mass is 32.2. The number of unbranched alkanes of at least 4 members (excludes halogenated alkanes) is 2. The summed E-state index contributed by atoms with van der Waals surface area (Å²) in [7, 11) is -3.11. The highest BCUT2D eigenvalue weighted by Gasteiger charge is 2.42. The van der Waals surface area contributed by atoms with Gasteiger partial charge in [-0.25, -0.2) is 0 Å². The molecule has 6 nitrogen and oxygen atoms in total. The van der Waals surface area contributed by atoms with Crippen molar-refractivity contribution in [2.45, 2.75) is 51.9 Å². The molecular formula is C17H24NO5S+. The number of fused-ring (bicyclic) bond motifs is 1. The molecular weight excluding hydrogens is 330 g/mol. The Labute approximate surface area is 143 Å². The topological polar surface area (TPSA) is 91.5 Å². The average molecular weight is 354 g/mol. The SMILES string of the molecule is CC1=[N+](CCCCCC(=O)O)c2ccccc2C1(C)C.O=S(=O)=O. The number of hydrogen-bond acceptors (Lipinski definition) is 4. The van der Waals surface area contributed by atoms with Crippen molar-refractivity contribution in [3.8, 4) is 0 Å². The standard InChI is InChI=1S/C17H23NO2.O3S/c1-13-17(2,3)14-9-6-7-10-15(14)18(13)12-8-4-5-11-16(19)20;1-4(2)3/h6-7,9-10H,4-5,8,11-12H2,1-3H3;/p+1. The third-order valence-corrected chi connectivity index (χ3v) is 4.45. The van der Waals surface area contributed by atoms with Crippen LogP contribution in [-0.4, -0.2) is 40.5 Å². The van der Waals surface area contributed by atoms with Gasteiger partial charge in [0.05, 0.1) is 5.41 Å². The Balaban J connectivity index is 0.000000648. The fourth-order valence-corrected chi connectivity index (χ4v) is 2.96. The zero-order valence-corrected chi connectivity index (χ0v) is 15.1. The average Bonchev–Trinajstić information content (AvgIpc) is 2.67. The highest BCUT2D eigenvalue weighted by molar-refractivity contribution is 7.59. The monoisotopic (exact) mass is 354 g/mol. The summed E-state index contributed by atoms with van der Waals surface area (Å²) >= 11 is 0. The van der Waals surface area contributed by atoms with E-state index in [1.165, 1.54) is 17.0 Å². The van der Waals surface area contributed by atoms with Gasteiger partial charge >= 0.3 is 16.6 Å². The van der Waals surface area contributed by atoms with Gasteiger partial charge in [-0.3, -0.25) is 4.79 Å². The van der Waals surface area contributed by atoms with E-state index in [-0.39, 0.29) is 11.8 Å². The molecule has 132 valence electrons. The van der Waals surface area contributed by atoms with Crippen LogP contribution in [0.1, 0.15) is 52.0 Å². The molecule has 1 aromatic rings. The third kappa shape index (κ3) is 5.26. The van der Waals surface area contributed by atoms with Crippen LogP contribution in [0, 0.1) is 0 Å². The number of carboxylic acid groups (broad SMARTS) is 1. The van der Waals surface area contributed by atoms with Gasteiger partial charge in [-0.05, 0) is 26.7 Å². The van der Waals surface area contributed by atoms with E-state index in [2.05, 4.69) is 49.6 Å². The van der Waals surface area contributed by atoms with Gasteiger partial charge in [-0.15, -0.1) is 12.6 Å². The molecule has 1 N–H and O–H groups in total. The van der Waals surface area contributed by atoms with Gasteiger partial charge in [0, 0.05) is 31.4 Å². The largest absolute Gasteiger partial charge is 0.481 e. The highest BCUT2D eigenvalue weighted by Crippen LogP contribution is 2.39. The van der Waals surface area contributed by atoms with Crippen LogP contribution in [0.3, 0.4) is 0 Å². The molecule has 0 saturated heterocycles. The van der Waals surface area contributed by atoms with Crippen molar-refractivity contribution in [2.75, 3.05) is 6.54 Å². The maximum absolute atomic E-state index is 10.5. The zero-order valence-electron chi connectivity index (χ0n) is 14.3. The summed E-state index contributed by atoms with van der Waals surface area (Å²) in [5.74, 6) is -0.694. The molecule has 7 heteroatoms. The predicted molar refractivity (Wildman–Crippen MR) is 90.7 cm³/mol. The Morgan fingerprint density at radius 3 is 2.29 bits per heavy atom. The van der Waals surface area contributed by atoms with E-state index in [0.717, 1.165) is 25.8 Å². The minimum atomic E-state index is -3.11. The Hall–Kier alpha value is -2.02. The quantitative estimate of drug-likeness (QED) is 0.626. The van der Waals surface area contributed by atoms with Gasteiger partial charge in [0.15, 0.2) is 5.71 Å². The van der Waals surface area contributed by atoms with Gasteiger partial charge in [0.25, 0.3) is 0 Å². The lowest BCUT2D eigenvalue weighted by Gasteiger charge is -2.14. The van der Waals surface area contributed by atoms with Gasteiger partial charge in [-0.1, -0.05) is 18.2 Å². The van der Waals surface area contributed by atoms with Crippen LogP contribution >= 0.6 is 0 Å². The third-order valence-electron chi connectivity index (χ3n) is 4.45. The molecule has 0 spiro atoms. The van der Waals surface area contributed by atoms with E-state index in [4.69, 9.17) is 17.7 Å². The molecule has 0 fully saturated rings. The van der Waals surface area contributed by atoms with E-state index in [1.54, 1.807) is 0 Å². The summed E-state index contributed by atoms with van der Waals surface area (Å²) in [6.07, 6.45) is 3.06. The first kappa shape index (κ1) is 20.0. The lowest BCUT2D eigenvalue weighted by atomic mass is 9.82. The van der Waals surface area contributed by atoms with Crippen molar-refractivity contribution >= 4 is 28.0 Å².